The number of ether oxygens (including phenoxy) is 1. The van der Waals surface area contributed by atoms with Gasteiger partial charge in [-0.15, -0.1) is 0 Å². The van der Waals surface area contributed by atoms with Gasteiger partial charge in [-0.05, 0) is 30.3 Å². The van der Waals surface area contributed by atoms with Crippen LogP contribution in [0.3, 0.4) is 0 Å². The Morgan fingerprint density at radius 3 is 2.31 bits per heavy atom. The summed E-state index contributed by atoms with van der Waals surface area (Å²) in [6, 6.07) is 6.36. The Labute approximate surface area is 193 Å². The number of hydrogen-bond acceptors (Lipinski definition) is 6. The number of alkyl halides is 6. The predicted molar refractivity (Wildman–Crippen MR) is 110 cm³/mol. The highest BCUT2D eigenvalue weighted by atomic mass is 19.4. The Morgan fingerprint density at radius 2 is 1.71 bits per heavy atom. The van der Waals surface area contributed by atoms with Crippen LogP contribution in [0.15, 0.2) is 42.5 Å². The standard InChI is InChI=1S/C21H16F7N5O2/c1-33(2)17(34)14-7-6-11(8-15(14)22)16-30-18(32-19(31-16)35-10-20(23,24)25)29-13-5-3-4-12(9-13)21(26,27)28/h3-9H,10H2,1-2H3,(H,29,30,31,32). The average Bonchev–Trinajstić information content (AvgIpc) is 2.76. The van der Waals surface area contributed by atoms with E-state index in [9.17, 15) is 35.5 Å². The third-order valence-corrected chi connectivity index (χ3v) is 4.29. The summed E-state index contributed by atoms with van der Waals surface area (Å²) >= 11 is 0. The molecule has 0 bridgehead atoms. The van der Waals surface area contributed by atoms with Crippen LogP contribution in [0, 0.1) is 5.82 Å². The van der Waals surface area contributed by atoms with E-state index in [1.807, 2.05) is 0 Å². The molecule has 0 aliphatic carbocycles. The van der Waals surface area contributed by atoms with E-state index in [1.165, 1.54) is 26.2 Å². The second kappa shape index (κ2) is 9.72. The highest BCUT2D eigenvalue weighted by molar-refractivity contribution is 5.94. The van der Waals surface area contributed by atoms with Gasteiger partial charge in [-0.25, -0.2) is 4.39 Å². The Bertz CT molecular complexity index is 1230. The summed E-state index contributed by atoms with van der Waals surface area (Å²) in [7, 11) is 2.83. The average molecular weight is 503 g/mol. The quantitative estimate of drug-likeness (QED) is 0.473. The highest BCUT2D eigenvalue weighted by Crippen LogP contribution is 2.31. The summed E-state index contributed by atoms with van der Waals surface area (Å²) in [6.07, 6.45) is -9.38. The molecule has 0 saturated heterocycles. The SMILES string of the molecule is CN(C)C(=O)c1ccc(-c2nc(Nc3cccc(C(F)(F)F)c3)nc(OCC(F)(F)F)n2)cc1F. The number of amides is 1. The molecular formula is C21H16F7N5O2. The van der Waals surface area contributed by atoms with Gasteiger partial charge in [-0.2, -0.15) is 41.3 Å². The van der Waals surface area contributed by atoms with Crippen molar-refractivity contribution in [3.05, 3.63) is 59.4 Å². The van der Waals surface area contributed by atoms with E-state index in [2.05, 4.69) is 25.0 Å². The largest absolute Gasteiger partial charge is 0.454 e. The van der Waals surface area contributed by atoms with Gasteiger partial charge in [0.15, 0.2) is 12.4 Å². The lowest BCUT2D eigenvalue weighted by Crippen LogP contribution is -2.22. The van der Waals surface area contributed by atoms with E-state index in [0.29, 0.717) is 0 Å². The fraction of sp³-hybridized carbons (Fsp3) is 0.238. The molecule has 186 valence electrons. The van der Waals surface area contributed by atoms with Gasteiger partial charge in [0.25, 0.3) is 5.91 Å². The van der Waals surface area contributed by atoms with Crippen LogP contribution < -0.4 is 10.1 Å². The molecule has 1 aromatic heterocycles. The third-order valence-electron chi connectivity index (χ3n) is 4.29. The predicted octanol–water partition coefficient (Wildman–Crippen LogP) is 5.08. The maximum Gasteiger partial charge on any atom is 0.422 e. The van der Waals surface area contributed by atoms with Gasteiger partial charge < -0.3 is 15.0 Å². The third kappa shape index (κ3) is 6.77. The van der Waals surface area contributed by atoms with Crippen molar-refractivity contribution >= 4 is 17.5 Å². The normalized spacial score (nSPS) is 11.8. The van der Waals surface area contributed by atoms with Crippen molar-refractivity contribution in [1.82, 2.24) is 19.9 Å². The van der Waals surface area contributed by atoms with Gasteiger partial charge in [0.05, 0.1) is 11.1 Å². The summed E-state index contributed by atoms with van der Waals surface area (Å²) in [5.74, 6) is -2.40. The van der Waals surface area contributed by atoms with E-state index in [4.69, 9.17) is 0 Å². The summed E-state index contributed by atoms with van der Waals surface area (Å²) in [5, 5.41) is 2.45. The molecule has 0 unspecified atom stereocenters. The van der Waals surface area contributed by atoms with Crippen LogP contribution in [-0.2, 0) is 6.18 Å². The van der Waals surface area contributed by atoms with Crippen LogP contribution >= 0.6 is 0 Å². The van der Waals surface area contributed by atoms with Crippen molar-refractivity contribution in [3.8, 4) is 17.4 Å². The molecule has 7 nitrogen and oxygen atoms in total. The maximum absolute atomic E-state index is 14.5. The minimum Gasteiger partial charge on any atom is -0.454 e. The molecule has 0 saturated carbocycles. The number of benzene rings is 2. The van der Waals surface area contributed by atoms with Gasteiger partial charge in [0, 0.05) is 25.3 Å². The molecule has 0 aliphatic rings. The number of rotatable bonds is 6. The first-order valence-electron chi connectivity index (χ1n) is 9.64. The lowest BCUT2D eigenvalue weighted by Gasteiger charge is -2.13. The molecule has 3 rings (SSSR count). The molecule has 0 fully saturated rings. The van der Waals surface area contributed by atoms with E-state index < -0.39 is 48.2 Å². The molecule has 1 N–H and O–H groups in total. The number of nitrogens with one attached hydrogen (secondary N) is 1. The number of aromatic nitrogens is 3. The van der Waals surface area contributed by atoms with Crippen LogP contribution in [-0.4, -0.2) is 52.6 Å². The number of nitrogens with zero attached hydrogens (tertiary/aromatic N) is 4. The molecule has 1 amide bonds. The van der Waals surface area contributed by atoms with Crippen LogP contribution in [0.25, 0.3) is 11.4 Å². The Kier molecular flexibility index (Phi) is 7.12. The lowest BCUT2D eigenvalue weighted by molar-refractivity contribution is -0.154. The maximum atomic E-state index is 14.5. The molecule has 0 aliphatic heterocycles. The van der Waals surface area contributed by atoms with Crippen molar-refractivity contribution < 1.29 is 40.3 Å². The number of hydrogen-bond donors (Lipinski definition) is 1. The van der Waals surface area contributed by atoms with E-state index in [-0.39, 0.29) is 22.6 Å². The first kappa shape index (κ1) is 25.6. The minimum atomic E-state index is -4.73. The number of carbonyl (C=O) groups excluding carboxylic acids is 1. The summed E-state index contributed by atoms with van der Waals surface area (Å²) in [5.41, 5.74) is -1.45. The zero-order valence-corrected chi connectivity index (χ0v) is 18.0. The van der Waals surface area contributed by atoms with Crippen LogP contribution in [0.4, 0.5) is 42.4 Å². The molecule has 2 aromatic carbocycles. The second-order valence-electron chi connectivity index (χ2n) is 7.27. The summed E-state index contributed by atoms with van der Waals surface area (Å²) in [4.78, 5) is 24.5. The van der Waals surface area contributed by atoms with E-state index in [1.54, 1.807) is 0 Å². The fourth-order valence-electron chi connectivity index (χ4n) is 2.72. The fourth-order valence-corrected chi connectivity index (χ4v) is 2.72. The number of halogens is 7. The van der Waals surface area contributed by atoms with Crippen molar-refractivity contribution in [3.63, 3.8) is 0 Å². The molecular weight excluding hydrogens is 487 g/mol. The second-order valence-corrected chi connectivity index (χ2v) is 7.27. The van der Waals surface area contributed by atoms with Crippen molar-refractivity contribution in [2.45, 2.75) is 12.4 Å². The van der Waals surface area contributed by atoms with Gasteiger partial charge in [0.1, 0.15) is 5.82 Å². The first-order chi connectivity index (χ1) is 16.2. The molecule has 0 radical (unpaired) electrons. The van der Waals surface area contributed by atoms with Gasteiger partial charge in [-0.3, -0.25) is 4.79 Å². The number of anilines is 2. The van der Waals surface area contributed by atoms with Crippen LogP contribution in [0.5, 0.6) is 6.01 Å². The summed E-state index contributed by atoms with van der Waals surface area (Å²) in [6.45, 7) is -1.76. The van der Waals surface area contributed by atoms with Gasteiger partial charge >= 0.3 is 18.4 Å². The van der Waals surface area contributed by atoms with Crippen LogP contribution in [0.2, 0.25) is 0 Å². The molecule has 0 spiro atoms. The van der Waals surface area contributed by atoms with Gasteiger partial charge in [0.2, 0.25) is 5.95 Å². The van der Waals surface area contributed by atoms with Crippen molar-refractivity contribution in [2.24, 2.45) is 0 Å². The Hall–Kier alpha value is -3.97. The monoisotopic (exact) mass is 503 g/mol. The number of carbonyl (C=O) groups is 1. The highest BCUT2D eigenvalue weighted by Gasteiger charge is 2.31. The van der Waals surface area contributed by atoms with Crippen molar-refractivity contribution in [1.29, 1.82) is 0 Å². The smallest absolute Gasteiger partial charge is 0.422 e. The van der Waals surface area contributed by atoms with Gasteiger partial charge in [-0.1, -0.05) is 12.1 Å². The first-order valence-corrected chi connectivity index (χ1v) is 9.64. The minimum absolute atomic E-state index is 0.0517. The molecule has 0 atom stereocenters. The molecule has 14 heteroatoms. The molecule has 35 heavy (non-hydrogen) atoms. The zero-order valence-electron chi connectivity index (χ0n) is 18.0. The van der Waals surface area contributed by atoms with E-state index >= 15 is 0 Å². The van der Waals surface area contributed by atoms with E-state index in [0.717, 1.165) is 35.2 Å². The molecule has 1 heterocycles. The zero-order chi connectivity index (χ0) is 26.0. The Balaban J connectivity index is 2.01. The summed E-state index contributed by atoms with van der Waals surface area (Å²) < 4.78 is 95.9. The molecule has 3 aromatic rings. The lowest BCUT2D eigenvalue weighted by atomic mass is 10.1. The van der Waals surface area contributed by atoms with Crippen LogP contribution in [0.1, 0.15) is 15.9 Å². The topological polar surface area (TPSA) is 80.2 Å². The Morgan fingerprint density at radius 1 is 1.00 bits per heavy atom. The van der Waals surface area contributed by atoms with Crippen molar-refractivity contribution in [2.75, 3.05) is 26.0 Å².